The van der Waals surface area contributed by atoms with Crippen LogP contribution < -0.4 is 10.1 Å². The fourth-order valence-corrected chi connectivity index (χ4v) is 3.67. The van der Waals surface area contributed by atoms with E-state index in [1.165, 1.54) is 22.3 Å². The van der Waals surface area contributed by atoms with Crippen LogP contribution in [0.3, 0.4) is 0 Å². The zero-order valence-corrected chi connectivity index (χ0v) is 16.2. The van der Waals surface area contributed by atoms with Crippen LogP contribution in [0.15, 0.2) is 72.8 Å². The van der Waals surface area contributed by atoms with Crippen LogP contribution in [0.25, 0.3) is 11.1 Å². The zero-order valence-electron chi connectivity index (χ0n) is 16.2. The Balaban J connectivity index is 1.32. The van der Waals surface area contributed by atoms with Gasteiger partial charge in [-0.2, -0.15) is 0 Å². The molecular weight excluding hydrogens is 382 g/mol. The van der Waals surface area contributed by atoms with Gasteiger partial charge in [-0.25, -0.2) is 9.59 Å². The lowest BCUT2D eigenvalue weighted by Gasteiger charge is -2.14. The molecule has 2 N–H and O–H groups in total. The number of carbonyl (C=O) groups excluding carboxylic acids is 1. The second kappa shape index (κ2) is 8.69. The summed E-state index contributed by atoms with van der Waals surface area (Å²) in [6.45, 7) is 0.176. The van der Waals surface area contributed by atoms with Gasteiger partial charge in [0.1, 0.15) is 12.4 Å². The molecule has 0 saturated carbocycles. The average Bonchev–Trinajstić information content (AvgIpc) is 3.09. The normalized spacial score (nSPS) is 12.0. The summed E-state index contributed by atoms with van der Waals surface area (Å²) in [7, 11) is 0. The Morgan fingerprint density at radius 2 is 1.47 bits per heavy atom. The molecule has 0 bridgehead atoms. The predicted molar refractivity (Wildman–Crippen MR) is 111 cm³/mol. The van der Waals surface area contributed by atoms with Crippen molar-refractivity contribution < 1.29 is 24.2 Å². The third-order valence-corrected chi connectivity index (χ3v) is 5.07. The molecule has 0 spiro atoms. The number of benzene rings is 3. The van der Waals surface area contributed by atoms with Crippen molar-refractivity contribution in [1.29, 1.82) is 0 Å². The van der Waals surface area contributed by atoms with Gasteiger partial charge >= 0.3 is 12.1 Å². The van der Waals surface area contributed by atoms with Crippen LogP contribution in [0, 0.1) is 0 Å². The molecule has 4 rings (SSSR count). The summed E-state index contributed by atoms with van der Waals surface area (Å²) in [5.41, 5.74) is 5.57. The number of amides is 1. The maximum atomic E-state index is 12.2. The molecule has 0 heterocycles. The molecular formula is C24H21NO5. The van der Waals surface area contributed by atoms with Crippen molar-refractivity contribution in [2.24, 2.45) is 0 Å². The van der Waals surface area contributed by atoms with E-state index in [9.17, 15) is 9.59 Å². The first kappa shape index (κ1) is 19.5. The summed E-state index contributed by atoms with van der Waals surface area (Å²) in [4.78, 5) is 22.7. The van der Waals surface area contributed by atoms with Gasteiger partial charge in [-0.1, -0.05) is 60.7 Å². The Hall–Kier alpha value is -3.80. The summed E-state index contributed by atoms with van der Waals surface area (Å²) >= 11 is 0. The quantitative estimate of drug-likeness (QED) is 0.618. The monoisotopic (exact) mass is 403 g/mol. The first-order valence-corrected chi connectivity index (χ1v) is 9.64. The molecule has 3 aromatic rings. The second-order valence-corrected chi connectivity index (χ2v) is 7.01. The largest absolute Gasteiger partial charge is 0.482 e. The molecule has 6 heteroatoms. The van der Waals surface area contributed by atoms with E-state index in [4.69, 9.17) is 14.6 Å². The van der Waals surface area contributed by atoms with E-state index < -0.39 is 18.7 Å². The molecule has 152 valence electrons. The Bertz CT molecular complexity index is 1020. The van der Waals surface area contributed by atoms with E-state index in [0.29, 0.717) is 12.3 Å². The third kappa shape index (κ3) is 4.27. The molecule has 3 aromatic carbocycles. The van der Waals surface area contributed by atoms with Crippen molar-refractivity contribution in [2.45, 2.75) is 12.5 Å². The highest BCUT2D eigenvalue weighted by Crippen LogP contribution is 2.44. The number of aliphatic carboxylic acids is 1. The summed E-state index contributed by atoms with van der Waals surface area (Å²) in [6, 6.07) is 23.2. The minimum absolute atomic E-state index is 0.0221. The van der Waals surface area contributed by atoms with Crippen LogP contribution in [0.1, 0.15) is 22.6 Å². The number of carbonyl (C=O) groups is 2. The highest BCUT2D eigenvalue weighted by molar-refractivity contribution is 5.79. The van der Waals surface area contributed by atoms with Crippen LogP contribution in [0.5, 0.6) is 5.75 Å². The lowest BCUT2D eigenvalue weighted by molar-refractivity contribution is -0.139. The van der Waals surface area contributed by atoms with E-state index in [1.807, 2.05) is 24.3 Å². The van der Waals surface area contributed by atoms with Crippen LogP contribution in [0.2, 0.25) is 0 Å². The van der Waals surface area contributed by atoms with Gasteiger partial charge in [0.05, 0.1) is 0 Å². The lowest BCUT2D eigenvalue weighted by atomic mass is 9.98. The highest BCUT2D eigenvalue weighted by Gasteiger charge is 2.28. The summed E-state index contributed by atoms with van der Waals surface area (Å²) in [5.74, 6) is -0.549. The van der Waals surface area contributed by atoms with Crippen molar-refractivity contribution in [3.8, 4) is 16.9 Å². The Kier molecular flexibility index (Phi) is 5.66. The Morgan fingerprint density at radius 1 is 0.867 bits per heavy atom. The van der Waals surface area contributed by atoms with Gasteiger partial charge in [-0.15, -0.1) is 0 Å². The topological polar surface area (TPSA) is 84.9 Å². The van der Waals surface area contributed by atoms with Gasteiger partial charge in [-0.05, 0) is 39.9 Å². The molecule has 0 aliphatic heterocycles. The molecule has 1 amide bonds. The first-order chi connectivity index (χ1) is 14.6. The van der Waals surface area contributed by atoms with Crippen molar-refractivity contribution in [3.63, 3.8) is 0 Å². The maximum absolute atomic E-state index is 12.2. The van der Waals surface area contributed by atoms with Crippen molar-refractivity contribution in [1.82, 2.24) is 5.32 Å². The smallest absolute Gasteiger partial charge is 0.407 e. The average molecular weight is 403 g/mol. The zero-order chi connectivity index (χ0) is 20.9. The SMILES string of the molecule is O=C(O)COc1ccc(CNC(=O)OCC2c3ccccc3-c3ccccc32)cc1. The predicted octanol–water partition coefficient (Wildman–Crippen LogP) is 4.19. The number of hydrogen-bond acceptors (Lipinski definition) is 4. The van der Waals surface area contributed by atoms with E-state index in [1.54, 1.807) is 24.3 Å². The van der Waals surface area contributed by atoms with Gasteiger partial charge in [-0.3, -0.25) is 0 Å². The molecule has 0 aromatic heterocycles. The van der Waals surface area contributed by atoms with Gasteiger partial charge in [0.2, 0.25) is 0 Å². The van der Waals surface area contributed by atoms with Crippen LogP contribution in [-0.4, -0.2) is 30.4 Å². The Morgan fingerprint density at radius 3 is 2.07 bits per heavy atom. The molecule has 1 aliphatic carbocycles. The minimum atomic E-state index is -1.03. The summed E-state index contributed by atoms with van der Waals surface area (Å²) in [6.07, 6.45) is -0.483. The number of ether oxygens (including phenoxy) is 2. The maximum Gasteiger partial charge on any atom is 0.407 e. The standard InChI is InChI=1S/C24H21NO5/c26-23(27)15-29-17-11-9-16(10-12-17)13-25-24(28)30-14-22-20-7-3-1-5-18(20)19-6-2-4-8-21(19)22/h1-12,22H,13-15H2,(H,25,28)(H,26,27). The third-order valence-electron chi connectivity index (χ3n) is 5.07. The van der Waals surface area contributed by atoms with Gasteiger partial charge < -0.3 is 19.9 Å². The van der Waals surface area contributed by atoms with Crippen LogP contribution in [-0.2, 0) is 16.1 Å². The number of hydrogen-bond donors (Lipinski definition) is 2. The fraction of sp³-hybridized carbons (Fsp3) is 0.167. The van der Waals surface area contributed by atoms with E-state index in [-0.39, 0.29) is 12.5 Å². The number of rotatable bonds is 7. The van der Waals surface area contributed by atoms with Gasteiger partial charge in [0.25, 0.3) is 0 Å². The molecule has 0 saturated heterocycles. The van der Waals surface area contributed by atoms with Crippen LogP contribution >= 0.6 is 0 Å². The van der Waals surface area contributed by atoms with Gasteiger partial charge in [0.15, 0.2) is 6.61 Å². The fourth-order valence-electron chi connectivity index (χ4n) is 3.67. The second-order valence-electron chi connectivity index (χ2n) is 7.01. The van der Waals surface area contributed by atoms with Crippen molar-refractivity contribution in [3.05, 3.63) is 89.5 Å². The molecule has 6 nitrogen and oxygen atoms in total. The molecule has 30 heavy (non-hydrogen) atoms. The number of fused-ring (bicyclic) bond motifs is 3. The lowest BCUT2D eigenvalue weighted by Crippen LogP contribution is -2.25. The summed E-state index contributed by atoms with van der Waals surface area (Å²) < 4.78 is 10.6. The first-order valence-electron chi connectivity index (χ1n) is 9.64. The molecule has 0 atom stereocenters. The van der Waals surface area contributed by atoms with Gasteiger partial charge in [0, 0.05) is 12.5 Å². The van der Waals surface area contributed by atoms with E-state index >= 15 is 0 Å². The number of nitrogens with one attached hydrogen (secondary N) is 1. The Labute approximate surface area is 174 Å². The molecule has 1 aliphatic rings. The minimum Gasteiger partial charge on any atom is -0.482 e. The number of carboxylic acid groups (broad SMARTS) is 1. The van der Waals surface area contributed by atoms with Crippen molar-refractivity contribution in [2.75, 3.05) is 13.2 Å². The number of carboxylic acids is 1. The highest BCUT2D eigenvalue weighted by atomic mass is 16.5. The van der Waals surface area contributed by atoms with Crippen LogP contribution in [0.4, 0.5) is 4.79 Å². The summed E-state index contributed by atoms with van der Waals surface area (Å²) in [5, 5.41) is 11.4. The molecule has 0 radical (unpaired) electrons. The molecule has 0 fully saturated rings. The van der Waals surface area contributed by atoms with E-state index in [0.717, 1.165) is 5.56 Å². The van der Waals surface area contributed by atoms with Crippen molar-refractivity contribution >= 4 is 12.1 Å². The van der Waals surface area contributed by atoms with E-state index in [2.05, 4.69) is 29.6 Å². The number of alkyl carbamates (subject to hydrolysis) is 1. The molecule has 0 unspecified atom stereocenters.